The molecule has 0 radical (unpaired) electrons. The van der Waals surface area contributed by atoms with E-state index in [0.29, 0.717) is 0 Å². The lowest BCUT2D eigenvalue weighted by Gasteiger charge is -2.24. The number of thioether (sulfide) groups is 1. The van der Waals surface area contributed by atoms with Crippen molar-refractivity contribution < 1.29 is 4.79 Å². The molecule has 0 aliphatic rings. The Balaban J connectivity index is 3.79. The minimum Gasteiger partial charge on any atom is -0.368 e. The highest BCUT2D eigenvalue weighted by atomic mass is 32.2. The molecule has 0 saturated carbocycles. The highest BCUT2D eigenvalue weighted by Gasteiger charge is 2.28. The normalized spacial score (nSPS) is 15.5. The van der Waals surface area contributed by atoms with Crippen LogP contribution in [0.2, 0.25) is 0 Å². The van der Waals surface area contributed by atoms with Gasteiger partial charge in [-0.25, -0.2) is 0 Å². The van der Waals surface area contributed by atoms with Gasteiger partial charge in [0.2, 0.25) is 5.91 Å². The van der Waals surface area contributed by atoms with E-state index in [2.05, 4.69) is 19.2 Å². The van der Waals surface area contributed by atoms with E-state index in [9.17, 15) is 4.79 Å². The van der Waals surface area contributed by atoms with Crippen molar-refractivity contribution in [3.05, 3.63) is 0 Å². The first-order chi connectivity index (χ1) is 6.42. The molecule has 1 unspecified atom stereocenters. The van der Waals surface area contributed by atoms with E-state index >= 15 is 0 Å². The van der Waals surface area contributed by atoms with E-state index in [1.165, 1.54) is 6.42 Å². The van der Waals surface area contributed by atoms with Crippen LogP contribution < -0.4 is 11.1 Å². The Morgan fingerprint density at radius 1 is 1.57 bits per heavy atom. The molecule has 0 heterocycles. The fourth-order valence-corrected chi connectivity index (χ4v) is 2.34. The lowest BCUT2D eigenvalue weighted by atomic mass is 10.1. The van der Waals surface area contributed by atoms with Crippen molar-refractivity contribution in [3.8, 4) is 0 Å². The topological polar surface area (TPSA) is 55.1 Å². The average molecular weight is 218 g/mol. The maximum atomic E-state index is 11.1. The summed E-state index contributed by atoms with van der Waals surface area (Å²) in [5.41, 5.74) is 4.74. The van der Waals surface area contributed by atoms with Crippen LogP contribution in [0, 0.1) is 5.92 Å². The van der Waals surface area contributed by atoms with Gasteiger partial charge in [0, 0.05) is 5.75 Å². The van der Waals surface area contributed by atoms with Crippen molar-refractivity contribution in [1.29, 1.82) is 0 Å². The quantitative estimate of drug-likeness (QED) is 0.632. The van der Waals surface area contributed by atoms with Crippen LogP contribution in [-0.2, 0) is 4.79 Å². The third kappa shape index (κ3) is 4.86. The molecule has 3 N–H and O–H groups in total. The van der Waals surface area contributed by atoms with Gasteiger partial charge < -0.3 is 11.1 Å². The summed E-state index contributed by atoms with van der Waals surface area (Å²) in [6.07, 6.45) is 1.18. The van der Waals surface area contributed by atoms with Gasteiger partial charge in [-0.2, -0.15) is 11.8 Å². The van der Waals surface area contributed by atoms with Crippen molar-refractivity contribution >= 4 is 17.7 Å². The van der Waals surface area contributed by atoms with Gasteiger partial charge in [0.15, 0.2) is 0 Å². The Hall–Kier alpha value is -0.220. The van der Waals surface area contributed by atoms with Crippen LogP contribution in [0.4, 0.5) is 0 Å². The second-order valence-corrected chi connectivity index (χ2v) is 5.29. The first-order valence-corrected chi connectivity index (χ1v) is 6.14. The number of rotatable bonds is 7. The Morgan fingerprint density at radius 2 is 2.14 bits per heavy atom. The smallest absolute Gasteiger partial charge is 0.238 e. The van der Waals surface area contributed by atoms with Crippen LogP contribution >= 0.6 is 11.8 Å². The van der Waals surface area contributed by atoms with Gasteiger partial charge in [0.1, 0.15) is 5.54 Å². The molecule has 1 amide bonds. The fourth-order valence-electron chi connectivity index (χ4n) is 0.862. The van der Waals surface area contributed by atoms with E-state index < -0.39 is 5.54 Å². The summed E-state index contributed by atoms with van der Waals surface area (Å²) in [5.74, 6) is 2.27. The highest BCUT2D eigenvalue weighted by Crippen LogP contribution is 2.15. The molecule has 0 spiro atoms. The second kappa shape index (κ2) is 6.30. The van der Waals surface area contributed by atoms with Crippen molar-refractivity contribution in [1.82, 2.24) is 5.32 Å². The third-order valence-corrected chi connectivity index (χ3v) is 3.63. The number of carbonyl (C=O) groups excluding carboxylic acids is 1. The van der Waals surface area contributed by atoms with Gasteiger partial charge in [-0.1, -0.05) is 13.8 Å². The van der Waals surface area contributed by atoms with E-state index in [0.717, 1.165) is 17.4 Å². The molecule has 14 heavy (non-hydrogen) atoms. The zero-order valence-electron chi connectivity index (χ0n) is 9.59. The van der Waals surface area contributed by atoms with Gasteiger partial charge in [0.25, 0.3) is 0 Å². The lowest BCUT2D eigenvalue weighted by molar-refractivity contribution is -0.122. The number of nitrogens with one attached hydrogen (secondary N) is 1. The zero-order chi connectivity index (χ0) is 11.2. The maximum absolute atomic E-state index is 11.1. The largest absolute Gasteiger partial charge is 0.368 e. The average Bonchev–Trinajstić information content (AvgIpc) is 2.11. The summed E-state index contributed by atoms with van der Waals surface area (Å²) in [7, 11) is 1.77. The summed E-state index contributed by atoms with van der Waals surface area (Å²) in [6, 6.07) is 0. The van der Waals surface area contributed by atoms with Crippen molar-refractivity contribution in [3.63, 3.8) is 0 Å². The van der Waals surface area contributed by atoms with Gasteiger partial charge in [-0.3, -0.25) is 4.79 Å². The standard InChI is InChI=1S/C10H22N2OS/c1-8(2)5-6-14-7-10(3,12-4)9(11)13/h8,12H,5-7H2,1-4H3,(H2,11,13). The molecule has 4 heteroatoms. The van der Waals surface area contributed by atoms with Crippen LogP contribution in [0.3, 0.4) is 0 Å². The molecular formula is C10H22N2OS. The van der Waals surface area contributed by atoms with E-state index in [1.54, 1.807) is 18.8 Å². The molecule has 0 aliphatic carbocycles. The maximum Gasteiger partial charge on any atom is 0.238 e. The molecule has 0 aromatic heterocycles. The van der Waals surface area contributed by atoms with Gasteiger partial charge >= 0.3 is 0 Å². The number of primary amides is 1. The molecule has 0 aromatic carbocycles. The lowest BCUT2D eigenvalue weighted by Crippen LogP contribution is -2.53. The number of hydrogen-bond donors (Lipinski definition) is 2. The second-order valence-electron chi connectivity index (χ2n) is 4.18. The highest BCUT2D eigenvalue weighted by molar-refractivity contribution is 7.99. The Labute approximate surface area is 91.2 Å². The van der Waals surface area contributed by atoms with Crippen LogP contribution in [-0.4, -0.2) is 30.0 Å². The van der Waals surface area contributed by atoms with E-state index in [4.69, 9.17) is 5.73 Å². The molecule has 1 atom stereocenters. The van der Waals surface area contributed by atoms with Gasteiger partial charge in [0.05, 0.1) is 0 Å². The first-order valence-electron chi connectivity index (χ1n) is 4.99. The summed E-state index contributed by atoms with van der Waals surface area (Å²) < 4.78 is 0. The molecule has 0 fully saturated rings. The molecule has 0 aliphatic heterocycles. The van der Waals surface area contributed by atoms with Gasteiger partial charge in [-0.15, -0.1) is 0 Å². The minimum atomic E-state index is -0.568. The molecule has 84 valence electrons. The monoisotopic (exact) mass is 218 g/mol. The fraction of sp³-hybridized carbons (Fsp3) is 0.900. The predicted molar refractivity (Wildman–Crippen MR) is 63.4 cm³/mol. The molecule has 0 saturated heterocycles. The summed E-state index contributed by atoms with van der Waals surface area (Å²) in [6.45, 7) is 6.25. The summed E-state index contributed by atoms with van der Waals surface area (Å²) >= 11 is 1.78. The van der Waals surface area contributed by atoms with Crippen LogP contribution in [0.5, 0.6) is 0 Å². The zero-order valence-corrected chi connectivity index (χ0v) is 10.4. The number of amides is 1. The molecule has 0 aromatic rings. The Kier molecular flexibility index (Phi) is 6.20. The summed E-state index contributed by atoms with van der Waals surface area (Å²) in [5, 5.41) is 2.97. The molecule has 0 rings (SSSR count). The Bertz CT molecular complexity index is 185. The van der Waals surface area contributed by atoms with Crippen molar-refractivity contribution in [2.75, 3.05) is 18.6 Å². The van der Waals surface area contributed by atoms with Crippen molar-refractivity contribution in [2.24, 2.45) is 11.7 Å². The number of hydrogen-bond acceptors (Lipinski definition) is 3. The number of nitrogens with two attached hydrogens (primary N) is 1. The minimum absolute atomic E-state index is 0.281. The van der Waals surface area contributed by atoms with Crippen LogP contribution in [0.1, 0.15) is 27.2 Å². The van der Waals surface area contributed by atoms with Crippen molar-refractivity contribution in [2.45, 2.75) is 32.7 Å². The first kappa shape index (κ1) is 13.8. The Morgan fingerprint density at radius 3 is 2.50 bits per heavy atom. The van der Waals surface area contributed by atoms with Gasteiger partial charge in [-0.05, 0) is 32.1 Å². The third-order valence-electron chi connectivity index (χ3n) is 2.33. The number of likely N-dealkylation sites (N-methyl/N-ethyl adjacent to an activating group) is 1. The van der Waals surface area contributed by atoms with Crippen LogP contribution in [0.15, 0.2) is 0 Å². The van der Waals surface area contributed by atoms with Crippen LogP contribution in [0.25, 0.3) is 0 Å². The molecule has 3 nitrogen and oxygen atoms in total. The summed E-state index contributed by atoms with van der Waals surface area (Å²) in [4.78, 5) is 11.1. The molecular weight excluding hydrogens is 196 g/mol. The van der Waals surface area contributed by atoms with E-state index in [-0.39, 0.29) is 5.91 Å². The predicted octanol–water partition coefficient (Wildman–Crippen LogP) is 1.23. The number of carbonyl (C=O) groups is 1. The van der Waals surface area contributed by atoms with E-state index in [1.807, 2.05) is 6.92 Å². The SMILES string of the molecule is CNC(C)(CSCCC(C)C)C(N)=O. The molecule has 0 bridgehead atoms.